The Kier molecular flexibility index (Phi) is 6.83. The monoisotopic (exact) mass is 285 g/mol. The number of carbonyl (C=O) groups is 3. The molecule has 1 fully saturated rings. The number of nitrogens with zero attached hydrogens (tertiary/aromatic N) is 1. The second kappa shape index (κ2) is 8.39. The Balaban J connectivity index is 2.28. The topological polar surface area (TPSA) is 98.7 Å². The first-order valence-electron chi connectivity index (χ1n) is 7.04. The Bertz CT molecular complexity index is 360. The molecule has 1 unspecified atom stereocenters. The van der Waals surface area contributed by atoms with Gasteiger partial charge in [0.2, 0.25) is 5.91 Å². The lowest BCUT2D eigenvalue weighted by Crippen LogP contribution is -2.45. The lowest BCUT2D eigenvalue weighted by molar-refractivity contribution is -0.137. The van der Waals surface area contributed by atoms with E-state index in [9.17, 15) is 14.4 Å². The number of hydrogen-bond donors (Lipinski definition) is 3. The Hall–Kier alpha value is -1.79. The van der Waals surface area contributed by atoms with Crippen LogP contribution in [0.25, 0.3) is 0 Å². The van der Waals surface area contributed by atoms with Gasteiger partial charge in [-0.05, 0) is 25.2 Å². The van der Waals surface area contributed by atoms with Crippen molar-refractivity contribution in [3.63, 3.8) is 0 Å². The molecule has 1 aliphatic rings. The molecular formula is C13H23N3O4. The average molecular weight is 285 g/mol. The molecule has 0 saturated carbocycles. The van der Waals surface area contributed by atoms with Crippen molar-refractivity contribution < 1.29 is 19.5 Å². The summed E-state index contributed by atoms with van der Waals surface area (Å²) in [5, 5.41) is 13.1. The molecule has 0 aromatic carbocycles. The SMILES string of the molecule is CCC1CCCN(C(=O)NCC(=O)NCC(=O)O)CC1. The molecule has 0 aromatic heterocycles. The molecule has 3 N–H and O–H groups in total. The quantitative estimate of drug-likeness (QED) is 0.681. The van der Waals surface area contributed by atoms with E-state index in [-0.39, 0.29) is 12.6 Å². The van der Waals surface area contributed by atoms with Crippen LogP contribution in [0.15, 0.2) is 0 Å². The van der Waals surface area contributed by atoms with Gasteiger partial charge in [0.15, 0.2) is 0 Å². The van der Waals surface area contributed by atoms with E-state index in [0.717, 1.165) is 25.7 Å². The second-order valence-corrected chi connectivity index (χ2v) is 5.02. The molecule has 3 amide bonds. The van der Waals surface area contributed by atoms with Crippen LogP contribution in [0, 0.1) is 5.92 Å². The molecule has 0 aliphatic carbocycles. The number of carboxylic acid groups (broad SMARTS) is 1. The summed E-state index contributed by atoms with van der Waals surface area (Å²) in [5.41, 5.74) is 0. The Morgan fingerprint density at radius 1 is 1.15 bits per heavy atom. The predicted molar refractivity (Wildman–Crippen MR) is 73.2 cm³/mol. The van der Waals surface area contributed by atoms with Gasteiger partial charge in [0.25, 0.3) is 0 Å². The molecule has 7 nitrogen and oxygen atoms in total. The van der Waals surface area contributed by atoms with Crippen molar-refractivity contribution in [3.05, 3.63) is 0 Å². The molecule has 1 aliphatic heterocycles. The van der Waals surface area contributed by atoms with E-state index < -0.39 is 18.4 Å². The van der Waals surface area contributed by atoms with Crippen LogP contribution in [-0.4, -0.2) is 54.1 Å². The Morgan fingerprint density at radius 3 is 2.55 bits per heavy atom. The summed E-state index contributed by atoms with van der Waals surface area (Å²) in [7, 11) is 0. The molecule has 0 radical (unpaired) electrons. The smallest absolute Gasteiger partial charge is 0.322 e. The number of hydrogen-bond acceptors (Lipinski definition) is 3. The fourth-order valence-electron chi connectivity index (χ4n) is 2.28. The van der Waals surface area contributed by atoms with Crippen LogP contribution in [0.5, 0.6) is 0 Å². The molecule has 114 valence electrons. The van der Waals surface area contributed by atoms with Crippen molar-refractivity contribution in [2.24, 2.45) is 5.92 Å². The first-order valence-corrected chi connectivity index (χ1v) is 7.04. The highest BCUT2D eigenvalue weighted by molar-refractivity contribution is 5.86. The van der Waals surface area contributed by atoms with Crippen molar-refractivity contribution >= 4 is 17.9 Å². The van der Waals surface area contributed by atoms with E-state index in [1.54, 1.807) is 4.90 Å². The molecule has 1 rings (SSSR count). The molecule has 1 heterocycles. The number of aliphatic carboxylic acids is 1. The van der Waals surface area contributed by atoms with Gasteiger partial charge in [-0.15, -0.1) is 0 Å². The van der Waals surface area contributed by atoms with E-state index in [1.807, 2.05) is 0 Å². The summed E-state index contributed by atoms with van der Waals surface area (Å²) >= 11 is 0. The van der Waals surface area contributed by atoms with Gasteiger partial charge in [-0.25, -0.2) is 4.79 Å². The highest BCUT2D eigenvalue weighted by Crippen LogP contribution is 2.19. The summed E-state index contributed by atoms with van der Waals surface area (Å²) < 4.78 is 0. The Morgan fingerprint density at radius 2 is 1.90 bits per heavy atom. The number of amides is 3. The van der Waals surface area contributed by atoms with Crippen molar-refractivity contribution in [2.45, 2.75) is 32.6 Å². The maximum Gasteiger partial charge on any atom is 0.322 e. The van der Waals surface area contributed by atoms with Crippen LogP contribution in [0.1, 0.15) is 32.6 Å². The third-order valence-electron chi connectivity index (χ3n) is 3.55. The molecule has 0 bridgehead atoms. The number of nitrogens with one attached hydrogen (secondary N) is 2. The number of carbonyl (C=O) groups excluding carboxylic acids is 2. The minimum Gasteiger partial charge on any atom is -0.480 e. The zero-order valence-corrected chi connectivity index (χ0v) is 11.9. The zero-order valence-electron chi connectivity index (χ0n) is 11.9. The molecule has 1 atom stereocenters. The van der Waals surface area contributed by atoms with Gasteiger partial charge in [0.1, 0.15) is 6.54 Å². The summed E-state index contributed by atoms with van der Waals surface area (Å²) in [4.78, 5) is 35.2. The van der Waals surface area contributed by atoms with Gasteiger partial charge in [0.05, 0.1) is 6.54 Å². The van der Waals surface area contributed by atoms with Gasteiger partial charge in [-0.2, -0.15) is 0 Å². The Labute approximate surface area is 118 Å². The maximum absolute atomic E-state index is 11.9. The fourth-order valence-corrected chi connectivity index (χ4v) is 2.28. The standard InChI is InChI=1S/C13H23N3O4/c1-2-10-4-3-6-16(7-5-10)13(20)15-8-11(17)14-9-12(18)19/h10H,2-9H2,1H3,(H,14,17)(H,15,20)(H,18,19). The molecule has 1 saturated heterocycles. The average Bonchev–Trinajstić information content (AvgIpc) is 2.67. The summed E-state index contributed by atoms with van der Waals surface area (Å²) in [6.07, 6.45) is 4.25. The molecular weight excluding hydrogens is 262 g/mol. The van der Waals surface area contributed by atoms with E-state index in [1.165, 1.54) is 0 Å². The number of urea groups is 1. The van der Waals surface area contributed by atoms with E-state index in [2.05, 4.69) is 17.6 Å². The third kappa shape index (κ3) is 5.90. The molecule has 0 spiro atoms. The fraction of sp³-hybridized carbons (Fsp3) is 0.769. The van der Waals surface area contributed by atoms with E-state index >= 15 is 0 Å². The lowest BCUT2D eigenvalue weighted by atomic mass is 9.98. The van der Waals surface area contributed by atoms with Gasteiger partial charge >= 0.3 is 12.0 Å². The van der Waals surface area contributed by atoms with E-state index in [0.29, 0.717) is 19.0 Å². The van der Waals surface area contributed by atoms with Gasteiger partial charge < -0.3 is 20.6 Å². The van der Waals surface area contributed by atoms with Crippen LogP contribution in [0.2, 0.25) is 0 Å². The minimum atomic E-state index is -1.11. The van der Waals surface area contributed by atoms with Crippen molar-refractivity contribution in [1.29, 1.82) is 0 Å². The number of likely N-dealkylation sites (tertiary alicyclic amines) is 1. The lowest BCUT2D eigenvalue weighted by Gasteiger charge is -2.20. The van der Waals surface area contributed by atoms with E-state index in [4.69, 9.17) is 5.11 Å². The summed E-state index contributed by atoms with van der Waals surface area (Å²) in [6.45, 7) is 2.95. The first kappa shape index (κ1) is 16.3. The minimum absolute atomic E-state index is 0.195. The highest BCUT2D eigenvalue weighted by atomic mass is 16.4. The number of rotatable bonds is 5. The van der Waals surface area contributed by atoms with Crippen molar-refractivity contribution in [1.82, 2.24) is 15.5 Å². The predicted octanol–water partition coefficient (Wildman–Crippen LogP) is 0.409. The summed E-state index contributed by atoms with van der Waals surface area (Å²) in [6, 6.07) is -0.257. The van der Waals surface area contributed by atoms with Gasteiger partial charge in [-0.1, -0.05) is 13.3 Å². The van der Waals surface area contributed by atoms with Crippen molar-refractivity contribution in [2.75, 3.05) is 26.2 Å². The summed E-state index contributed by atoms with van der Waals surface area (Å²) in [5.74, 6) is -0.934. The van der Waals surface area contributed by atoms with Crippen molar-refractivity contribution in [3.8, 4) is 0 Å². The van der Waals surface area contributed by atoms with Crippen LogP contribution in [-0.2, 0) is 9.59 Å². The van der Waals surface area contributed by atoms with Crippen LogP contribution >= 0.6 is 0 Å². The number of carboxylic acids is 1. The molecule has 0 aromatic rings. The maximum atomic E-state index is 11.9. The molecule has 20 heavy (non-hydrogen) atoms. The zero-order chi connectivity index (χ0) is 15.0. The van der Waals surface area contributed by atoms with Crippen LogP contribution in [0.4, 0.5) is 4.79 Å². The van der Waals surface area contributed by atoms with Crippen LogP contribution in [0.3, 0.4) is 0 Å². The normalized spacial score (nSPS) is 19.1. The second-order valence-electron chi connectivity index (χ2n) is 5.02. The highest BCUT2D eigenvalue weighted by Gasteiger charge is 2.19. The van der Waals surface area contributed by atoms with Gasteiger partial charge in [0, 0.05) is 13.1 Å². The molecule has 7 heteroatoms. The first-order chi connectivity index (χ1) is 9.52. The third-order valence-corrected chi connectivity index (χ3v) is 3.55. The van der Waals surface area contributed by atoms with Crippen LogP contribution < -0.4 is 10.6 Å². The largest absolute Gasteiger partial charge is 0.480 e. The van der Waals surface area contributed by atoms with Gasteiger partial charge in [-0.3, -0.25) is 9.59 Å².